The van der Waals surface area contributed by atoms with Crippen molar-refractivity contribution in [3.63, 3.8) is 0 Å². The number of pyridine rings is 2. The van der Waals surface area contributed by atoms with Crippen LogP contribution >= 0.6 is 0 Å². The number of aryl methyl sites for hydroxylation is 2. The van der Waals surface area contributed by atoms with Crippen LogP contribution in [0.3, 0.4) is 0 Å². The van der Waals surface area contributed by atoms with Crippen molar-refractivity contribution in [1.29, 1.82) is 0 Å². The first-order chi connectivity index (χ1) is 10.1. The molecule has 0 fully saturated rings. The summed E-state index contributed by atoms with van der Waals surface area (Å²) >= 11 is 0. The second kappa shape index (κ2) is 6.97. The van der Waals surface area contributed by atoms with Gasteiger partial charge in [-0.3, -0.25) is 0 Å². The molecule has 2 heterocycles. The summed E-state index contributed by atoms with van der Waals surface area (Å²) < 4.78 is 15.3. The van der Waals surface area contributed by atoms with Crippen molar-refractivity contribution >= 4 is 5.70 Å². The van der Waals surface area contributed by atoms with Crippen LogP contribution in [0.25, 0.3) is 5.70 Å². The van der Waals surface area contributed by atoms with Crippen LogP contribution in [0.2, 0.25) is 0 Å². The first-order valence-corrected chi connectivity index (χ1v) is 7.11. The van der Waals surface area contributed by atoms with Gasteiger partial charge in [-0.15, -0.1) is 0 Å². The van der Waals surface area contributed by atoms with E-state index in [1.54, 1.807) is 12.1 Å². The lowest BCUT2D eigenvalue weighted by Gasteiger charge is -2.05. The van der Waals surface area contributed by atoms with E-state index in [1.807, 2.05) is 42.9 Å². The zero-order chi connectivity index (χ0) is 15.2. The van der Waals surface area contributed by atoms with Gasteiger partial charge in [0.05, 0.1) is 11.4 Å². The summed E-state index contributed by atoms with van der Waals surface area (Å²) in [5.74, 6) is -0.487. The van der Waals surface area contributed by atoms with Gasteiger partial charge in [-0.2, -0.15) is 4.39 Å². The summed E-state index contributed by atoms with van der Waals surface area (Å²) in [6.07, 6.45) is 5.86. The lowest BCUT2D eigenvalue weighted by atomic mass is 10.2. The Kier molecular flexibility index (Phi) is 5.04. The molecule has 2 aromatic rings. The Hall–Kier alpha value is -2.23. The molecule has 0 saturated heterocycles. The molecule has 3 nitrogen and oxygen atoms in total. The number of allylic oxidation sites excluding steroid dienone is 1. The molecule has 0 aliphatic rings. The molecule has 0 saturated carbocycles. The van der Waals surface area contributed by atoms with Crippen LogP contribution in [-0.2, 0) is 7.05 Å². The molecular weight excluding hydrogens is 265 g/mol. The van der Waals surface area contributed by atoms with Crippen LogP contribution in [-0.4, -0.2) is 9.55 Å². The molecule has 2 rings (SSSR count). The molecule has 21 heavy (non-hydrogen) atoms. The minimum absolute atomic E-state index is 0.487. The van der Waals surface area contributed by atoms with E-state index in [0.29, 0.717) is 11.4 Å². The summed E-state index contributed by atoms with van der Waals surface area (Å²) in [6.45, 7) is 4.12. The summed E-state index contributed by atoms with van der Waals surface area (Å²) in [5, 5.41) is 0. The van der Waals surface area contributed by atoms with Gasteiger partial charge in [0.2, 0.25) is 5.95 Å². The van der Waals surface area contributed by atoms with Crippen molar-refractivity contribution in [3.05, 3.63) is 65.3 Å². The Morgan fingerprint density at radius 2 is 2.19 bits per heavy atom. The summed E-state index contributed by atoms with van der Waals surface area (Å²) in [7, 11) is 1.94. The Morgan fingerprint density at radius 3 is 2.90 bits per heavy atom. The molecule has 0 unspecified atom stereocenters. The van der Waals surface area contributed by atoms with Gasteiger partial charge in [0.1, 0.15) is 5.49 Å². The Morgan fingerprint density at radius 1 is 1.38 bits per heavy atom. The number of hydrogen-bond donors (Lipinski definition) is 0. The molecule has 2 aromatic heterocycles. The molecular formula is C17H20FN3. The maximum atomic E-state index is 13.3. The van der Waals surface area contributed by atoms with E-state index in [-0.39, 0.29) is 0 Å². The third-order valence-electron chi connectivity index (χ3n) is 3.12. The number of unbranched alkanes of at least 4 members (excludes halogenated alkanes) is 1. The van der Waals surface area contributed by atoms with Gasteiger partial charge < -0.3 is 4.57 Å². The highest BCUT2D eigenvalue weighted by atomic mass is 19.1. The third kappa shape index (κ3) is 4.12. The molecule has 4 heteroatoms. The van der Waals surface area contributed by atoms with Gasteiger partial charge in [-0.25, -0.2) is 9.98 Å². The smallest absolute Gasteiger partial charge is 0.213 e. The molecule has 0 atom stereocenters. The summed E-state index contributed by atoms with van der Waals surface area (Å²) in [5.41, 5.74) is 3.22. The topological polar surface area (TPSA) is 30.2 Å². The van der Waals surface area contributed by atoms with Gasteiger partial charge in [-0.1, -0.05) is 25.5 Å². The normalized spacial score (nSPS) is 12.8. The van der Waals surface area contributed by atoms with Crippen LogP contribution in [0.4, 0.5) is 4.39 Å². The van der Waals surface area contributed by atoms with E-state index < -0.39 is 5.95 Å². The highest BCUT2D eigenvalue weighted by Gasteiger charge is 2.03. The van der Waals surface area contributed by atoms with Crippen LogP contribution in [0, 0.1) is 12.9 Å². The highest BCUT2D eigenvalue weighted by Crippen LogP contribution is 2.14. The number of aromatic nitrogens is 2. The van der Waals surface area contributed by atoms with E-state index in [2.05, 4.69) is 16.9 Å². The predicted molar refractivity (Wildman–Crippen MR) is 82.8 cm³/mol. The lowest BCUT2D eigenvalue weighted by molar-refractivity contribution is 0.582. The summed E-state index contributed by atoms with van der Waals surface area (Å²) in [4.78, 5) is 8.60. The summed E-state index contributed by atoms with van der Waals surface area (Å²) in [6, 6.07) is 8.80. The minimum Gasteiger partial charge on any atom is -0.336 e. The first-order valence-electron chi connectivity index (χ1n) is 7.11. The van der Waals surface area contributed by atoms with Crippen molar-refractivity contribution in [3.8, 4) is 0 Å². The number of rotatable bonds is 4. The van der Waals surface area contributed by atoms with Gasteiger partial charge in [0.25, 0.3) is 0 Å². The standard InChI is InChI=1S/C17H20FN3/c1-4-5-7-15(14-8-6-9-16(18)19-14)20-17-12-13(2)10-11-21(17)3/h6-12H,4-5H2,1-3H3. The van der Waals surface area contributed by atoms with Crippen molar-refractivity contribution in [2.45, 2.75) is 26.7 Å². The van der Waals surface area contributed by atoms with Gasteiger partial charge in [-0.05, 0) is 43.2 Å². The molecule has 0 N–H and O–H groups in total. The molecule has 0 aromatic carbocycles. The van der Waals surface area contributed by atoms with Crippen LogP contribution < -0.4 is 5.49 Å². The fourth-order valence-electron chi connectivity index (χ4n) is 1.93. The molecule has 0 bridgehead atoms. The van der Waals surface area contributed by atoms with Crippen molar-refractivity contribution in [1.82, 2.24) is 9.55 Å². The highest BCUT2D eigenvalue weighted by molar-refractivity contribution is 5.61. The Labute approximate surface area is 124 Å². The third-order valence-corrected chi connectivity index (χ3v) is 3.12. The number of hydrogen-bond acceptors (Lipinski definition) is 2. The zero-order valence-electron chi connectivity index (χ0n) is 12.7. The molecule has 0 amide bonds. The van der Waals surface area contributed by atoms with E-state index in [9.17, 15) is 4.39 Å². The quantitative estimate of drug-likeness (QED) is 0.789. The average Bonchev–Trinajstić information content (AvgIpc) is 2.47. The zero-order valence-corrected chi connectivity index (χ0v) is 12.7. The number of nitrogens with zero attached hydrogens (tertiary/aromatic N) is 3. The van der Waals surface area contributed by atoms with E-state index in [1.165, 1.54) is 6.07 Å². The monoisotopic (exact) mass is 285 g/mol. The maximum absolute atomic E-state index is 13.3. The minimum atomic E-state index is -0.487. The van der Waals surface area contributed by atoms with Crippen molar-refractivity contribution in [2.75, 3.05) is 0 Å². The lowest BCUT2D eigenvalue weighted by Crippen LogP contribution is -2.17. The second-order valence-electron chi connectivity index (χ2n) is 5.01. The molecule has 0 radical (unpaired) electrons. The van der Waals surface area contributed by atoms with E-state index >= 15 is 0 Å². The van der Waals surface area contributed by atoms with E-state index in [0.717, 1.165) is 23.9 Å². The van der Waals surface area contributed by atoms with Gasteiger partial charge >= 0.3 is 0 Å². The maximum Gasteiger partial charge on any atom is 0.213 e. The molecule has 0 aliphatic heterocycles. The predicted octanol–water partition coefficient (Wildman–Crippen LogP) is 3.61. The molecule has 0 spiro atoms. The largest absolute Gasteiger partial charge is 0.336 e. The Bertz CT molecular complexity index is 714. The Balaban J connectivity index is 2.54. The molecule has 0 aliphatic carbocycles. The van der Waals surface area contributed by atoms with Crippen LogP contribution in [0.5, 0.6) is 0 Å². The van der Waals surface area contributed by atoms with Gasteiger partial charge in [0.15, 0.2) is 0 Å². The van der Waals surface area contributed by atoms with Crippen molar-refractivity contribution in [2.24, 2.45) is 12.0 Å². The number of halogens is 1. The van der Waals surface area contributed by atoms with Crippen LogP contribution in [0.1, 0.15) is 31.0 Å². The SMILES string of the molecule is CCCC=C(N=c1cc(C)ccn1C)c1cccc(F)n1. The van der Waals surface area contributed by atoms with Gasteiger partial charge in [0, 0.05) is 13.2 Å². The van der Waals surface area contributed by atoms with Crippen molar-refractivity contribution < 1.29 is 4.39 Å². The van der Waals surface area contributed by atoms with E-state index in [4.69, 9.17) is 0 Å². The molecule has 110 valence electrons. The second-order valence-corrected chi connectivity index (χ2v) is 5.01. The fraction of sp³-hybridized carbons (Fsp3) is 0.294. The fourth-order valence-corrected chi connectivity index (χ4v) is 1.93. The average molecular weight is 285 g/mol. The van der Waals surface area contributed by atoms with Crippen LogP contribution in [0.15, 0.2) is 47.6 Å². The first kappa shape index (κ1) is 15.2.